The molecule has 1 atom stereocenters. The lowest BCUT2D eigenvalue weighted by Crippen LogP contribution is -2.14. The highest BCUT2D eigenvalue weighted by Gasteiger charge is 2.13. The quantitative estimate of drug-likeness (QED) is 0.279. The highest BCUT2D eigenvalue weighted by atomic mass is 35.5. The van der Waals surface area contributed by atoms with Crippen molar-refractivity contribution in [2.24, 2.45) is 5.92 Å². The van der Waals surface area contributed by atoms with E-state index < -0.39 is 0 Å². The van der Waals surface area contributed by atoms with Crippen molar-refractivity contribution in [2.75, 3.05) is 17.2 Å². The lowest BCUT2D eigenvalue weighted by molar-refractivity contribution is 0.0428. The summed E-state index contributed by atoms with van der Waals surface area (Å²) in [6.45, 7) is 4.68. The molecule has 8 nitrogen and oxygen atoms in total. The summed E-state index contributed by atoms with van der Waals surface area (Å²) in [7, 11) is 0. The number of amides is 1. The third-order valence-electron chi connectivity index (χ3n) is 5.36. The van der Waals surface area contributed by atoms with Crippen molar-refractivity contribution < 1.29 is 14.3 Å². The predicted molar refractivity (Wildman–Crippen MR) is 138 cm³/mol. The number of hydrogen-bond donors (Lipinski definition) is 2. The van der Waals surface area contributed by atoms with Crippen LogP contribution in [0.25, 0.3) is 0 Å². The van der Waals surface area contributed by atoms with E-state index >= 15 is 0 Å². The molecule has 0 aliphatic heterocycles. The molecule has 3 rings (SSSR count). The van der Waals surface area contributed by atoms with E-state index in [-0.39, 0.29) is 28.4 Å². The second-order valence-electron chi connectivity index (χ2n) is 7.95. The van der Waals surface area contributed by atoms with Gasteiger partial charge in [-0.3, -0.25) is 4.79 Å². The fourth-order valence-electron chi connectivity index (χ4n) is 3.28. The normalized spacial score (nSPS) is 11.5. The number of anilines is 3. The Morgan fingerprint density at radius 1 is 0.886 bits per heavy atom. The van der Waals surface area contributed by atoms with E-state index in [2.05, 4.69) is 39.4 Å². The Balaban J connectivity index is 1.53. The molecule has 0 radical (unpaired) electrons. The number of nitrogens with zero attached hydrogens (tertiary/aromatic N) is 3. The summed E-state index contributed by atoms with van der Waals surface area (Å²) in [5.74, 6) is -0.0784. The van der Waals surface area contributed by atoms with E-state index in [0.717, 1.165) is 25.7 Å². The molecule has 3 aromatic rings. The molecule has 1 unspecified atom stereocenters. The van der Waals surface area contributed by atoms with Crippen molar-refractivity contribution in [3.05, 3.63) is 70.2 Å². The van der Waals surface area contributed by atoms with Gasteiger partial charge in [0.2, 0.25) is 16.5 Å². The molecule has 2 N–H and O–H groups in total. The summed E-state index contributed by atoms with van der Waals surface area (Å²) < 4.78 is 5.48. The first-order valence-corrected chi connectivity index (χ1v) is 12.2. The highest BCUT2D eigenvalue weighted by Crippen LogP contribution is 2.19. The third-order valence-corrected chi connectivity index (χ3v) is 5.69. The minimum absolute atomic E-state index is 0.0279. The zero-order valence-electron chi connectivity index (χ0n) is 19.6. The molecule has 0 saturated heterocycles. The monoisotopic (exact) mass is 515 g/mol. The van der Waals surface area contributed by atoms with Gasteiger partial charge in [0.1, 0.15) is 0 Å². The van der Waals surface area contributed by atoms with Crippen LogP contribution in [0.5, 0.6) is 0 Å². The van der Waals surface area contributed by atoms with Gasteiger partial charge < -0.3 is 15.4 Å². The lowest BCUT2D eigenvalue weighted by Gasteiger charge is -2.14. The molecule has 1 heterocycles. The van der Waals surface area contributed by atoms with Gasteiger partial charge >= 0.3 is 5.97 Å². The van der Waals surface area contributed by atoms with Gasteiger partial charge in [-0.05, 0) is 84.1 Å². The molecule has 0 aliphatic carbocycles. The Morgan fingerprint density at radius 3 is 2.09 bits per heavy atom. The number of aromatic nitrogens is 3. The number of halogens is 2. The van der Waals surface area contributed by atoms with Crippen LogP contribution in [0.1, 0.15) is 60.2 Å². The fraction of sp³-hybridized carbons (Fsp3) is 0.320. The highest BCUT2D eigenvalue weighted by molar-refractivity contribution is 6.31. The molecule has 0 fully saturated rings. The molecule has 2 aromatic carbocycles. The van der Waals surface area contributed by atoms with Gasteiger partial charge in [0.05, 0.1) is 12.2 Å². The first-order chi connectivity index (χ1) is 16.9. The Bertz CT molecular complexity index is 1120. The zero-order chi connectivity index (χ0) is 25.2. The van der Waals surface area contributed by atoms with Gasteiger partial charge in [-0.2, -0.15) is 15.0 Å². The molecule has 0 spiro atoms. The van der Waals surface area contributed by atoms with Crippen LogP contribution in [0, 0.1) is 5.92 Å². The molecule has 1 aromatic heterocycles. The van der Waals surface area contributed by atoms with Gasteiger partial charge in [-0.1, -0.05) is 33.1 Å². The number of unbranched alkanes of at least 4 members (excludes halogenated alkanes) is 1. The lowest BCUT2D eigenvalue weighted by atomic mass is 10.0. The van der Waals surface area contributed by atoms with Crippen LogP contribution in [-0.4, -0.2) is 33.4 Å². The van der Waals surface area contributed by atoms with Crippen LogP contribution in [0.2, 0.25) is 10.6 Å². The molecular weight excluding hydrogens is 489 g/mol. The second kappa shape index (κ2) is 13.0. The topological polar surface area (TPSA) is 106 Å². The predicted octanol–water partition coefficient (Wildman–Crippen LogP) is 6.55. The van der Waals surface area contributed by atoms with Crippen molar-refractivity contribution in [3.63, 3.8) is 0 Å². The van der Waals surface area contributed by atoms with E-state index in [0.29, 0.717) is 35.0 Å². The summed E-state index contributed by atoms with van der Waals surface area (Å²) in [6.07, 6.45) is 4.30. The molecule has 0 saturated carbocycles. The zero-order valence-corrected chi connectivity index (χ0v) is 21.1. The summed E-state index contributed by atoms with van der Waals surface area (Å²) in [4.78, 5) is 36.5. The average Bonchev–Trinajstić information content (AvgIpc) is 2.84. The molecule has 0 bridgehead atoms. The van der Waals surface area contributed by atoms with Crippen LogP contribution in [0.3, 0.4) is 0 Å². The molecule has 35 heavy (non-hydrogen) atoms. The molecular formula is C25H27Cl2N5O3. The van der Waals surface area contributed by atoms with Gasteiger partial charge in [0, 0.05) is 16.9 Å². The average molecular weight is 516 g/mol. The number of rotatable bonds is 11. The van der Waals surface area contributed by atoms with Crippen LogP contribution in [0.4, 0.5) is 17.3 Å². The molecule has 0 aliphatic rings. The first kappa shape index (κ1) is 26.4. The Labute approximate surface area is 214 Å². The van der Waals surface area contributed by atoms with Crippen molar-refractivity contribution >= 4 is 52.4 Å². The van der Waals surface area contributed by atoms with E-state index in [1.165, 1.54) is 0 Å². The minimum Gasteiger partial charge on any atom is -0.462 e. The number of carbonyl (C=O) groups excluding carboxylic acids is 2. The number of ether oxygens (including phenoxy) is 1. The number of benzene rings is 2. The van der Waals surface area contributed by atoms with Crippen molar-refractivity contribution in [1.29, 1.82) is 0 Å². The summed E-state index contributed by atoms with van der Waals surface area (Å²) >= 11 is 11.5. The van der Waals surface area contributed by atoms with E-state index in [9.17, 15) is 9.59 Å². The van der Waals surface area contributed by atoms with Gasteiger partial charge in [0.25, 0.3) is 5.91 Å². The summed E-state index contributed by atoms with van der Waals surface area (Å²) in [5, 5.41) is 5.70. The standard InChI is InChI=1S/C25H27Cl2N5O3/c1-3-5-6-16(4-2)15-35-22(34)18-9-13-19(14-10-18)28-21(33)17-7-11-20(12-8-17)29-25-31-23(26)30-24(27)32-25/h7-14,16H,3-6,15H2,1-2H3,(H,28,33)(H,29,30,31,32). The van der Waals surface area contributed by atoms with Crippen LogP contribution < -0.4 is 10.6 Å². The number of esters is 1. The first-order valence-electron chi connectivity index (χ1n) is 11.4. The van der Waals surface area contributed by atoms with Gasteiger partial charge in [-0.25, -0.2) is 4.79 Å². The SMILES string of the molecule is CCCCC(CC)COC(=O)c1ccc(NC(=O)c2ccc(Nc3nc(Cl)nc(Cl)n3)cc2)cc1. The number of nitrogens with one attached hydrogen (secondary N) is 2. The Hall–Kier alpha value is -3.23. The smallest absolute Gasteiger partial charge is 0.338 e. The fourth-order valence-corrected chi connectivity index (χ4v) is 3.65. The maximum Gasteiger partial charge on any atom is 0.338 e. The molecule has 184 valence electrons. The van der Waals surface area contributed by atoms with E-state index in [1.807, 2.05) is 0 Å². The summed E-state index contributed by atoms with van der Waals surface area (Å²) in [5.41, 5.74) is 2.10. The van der Waals surface area contributed by atoms with E-state index in [4.69, 9.17) is 27.9 Å². The van der Waals surface area contributed by atoms with Crippen LogP contribution >= 0.6 is 23.2 Å². The van der Waals surface area contributed by atoms with Crippen molar-refractivity contribution in [1.82, 2.24) is 15.0 Å². The van der Waals surface area contributed by atoms with Gasteiger partial charge in [0.15, 0.2) is 0 Å². The Morgan fingerprint density at radius 2 is 1.49 bits per heavy atom. The molecule has 1 amide bonds. The minimum atomic E-state index is -0.360. The largest absolute Gasteiger partial charge is 0.462 e. The maximum absolute atomic E-state index is 12.6. The van der Waals surface area contributed by atoms with Crippen LogP contribution in [-0.2, 0) is 4.74 Å². The summed E-state index contributed by atoms with van der Waals surface area (Å²) in [6, 6.07) is 13.3. The Kier molecular flexibility index (Phi) is 9.81. The van der Waals surface area contributed by atoms with E-state index in [1.54, 1.807) is 48.5 Å². The van der Waals surface area contributed by atoms with Gasteiger partial charge in [-0.15, -0.1) is 0 Å². The maximum atomic E-state index is 12.6. The number of carbonyl (C=O) groups is 2. The third kappa shape index (κ3) is 8.19. The molecule has 10 heteroatoms. The van der Waals surface area contributed by atoms with Crippen molar-refractivity contribution in [2.45, 2.75) is 39.5 Å². The van der Waals surface area contributed by atoms with Crippen molar-refractivity contribution in [3.8, 4) is 0 Å². The second-order valence-corrected chi connectivity index (χ2v) is 8.62. The number of hydrogen-bond acceptors (Lipinski definition) is 7. The van der Waals surface area contributed by atoms with Crippen LogP contribution in [0.15, 0.2) is 48.5 Å².